The Labute approximate surface area is 131 Å². The second-order valence-corrected chi connectivity index (χ2v) is 6.76. The highest BCUT2D eigenvalue weighted by atomic mass is 35.5. The van der Waals surface area contributed by atoms with Gasteiger partial charge in [0.2, 0.25) is 0 Å². The zero-order valence-electron chi connectivity index (χ0n) is 10.7. The number of hydrogen-bond acceptors (Lipinski definition) is 3. The van der Waals surface area contributed by atoms with Crippen LogP contribution in [0.2, 0.25) is 10.0 Å². The van der Waals surface area contributed by atoms with Gasteiger partial charge in [0.05, 0.1) is 5.02 Å². The van der Waals surface area contributed by atoms with Gasteiger partial charge in [-0.3, -0.25) is 4.79 Å². The summed E-state index contributed by atoms with van der Waals surface area (Å²) in [5, 5.41) is 8.34. The molecule has 1 aromatic carbocycles. The molecule has 1 unspecified atom stereocenters. The second-order valence-electron chi connectivity index (χ2n) is 4.89. The molecule has 106 valence electrons. The van der Waals surface area contributed by atoms with E-state index in [1.54, 1.807) is 6.07 Å². The van der Waals surface area contributed by atoms with Gasteiger partial charge >= 0.3 is 0 Å². The van der Waals surface area contributed by atoms with Crippen LogP contribution in [0.1, 0.15) is 22.5 Å². The van der Waals surface area contributed by atoms with Crippen molar-refractivity contribution in [1.29, 1.82) is 0 Å². The SMILES string of the molecule is O=C(NCC1CCCN1)c1sc2cc(Cl)ccc2c1Cl. The minimum Gasteiger partial charge on any atom is -0.350 e. The number of thiophene rings is 1. The number of hydrogen-bond donors (Lipinski definition) is 2. The summed E-state index contributed by atoms with van der Waals surface area (Å²) in [5.41, 5.74) is 0. The minimum absolute atomic E-state index is 0.110. The molecule has 2 N–H and O–H groups in total. The summed E-state index contributed by atoms with van der Waals surface area (Å²) in [7, 11) is 0. The molecule has 0 aliphatic carbocycles. The van der Waals surface area contributed by atoms with Gasteiger partial charge in [-0.05, 0) is 31.5 Å². The molecule has 2 aromatic rings. The number of rotatable bonds is 3. The van der Waals surface area contributed by atoms with Crippen molar-refractivity contribution in [2.24, 2.45) is 0 Å². The Balaban J connectivity index is 1.78. The van der Waals surface area contributed by atoms with Crippen molar-refractivity contribution in [3.63, 3.8) is 0 Å². The lowest BCUT2D eigenvalue weighted by molar-refractivity contribution is 0.0954. The van der Waals surface area contributed by atoms with Crippen LogP contribution in [0.4, 0.5) is 0 Å². The molecule has 6 heteroatoms. The van der Waals surface area contributed by atoms with Crippen LogP contribution in [-0.2, 0) is 0 Å². The summed E-state index contributed by atoms with van der Waals surface area (Å²) in [4.78, 5) is 12.8. The average molecular weight is 329 g/mol. The van der Waals surface area contributed by atoms with Crippen molar-refractivity contribution in [2.75, 3.05) is 13.1 Å². The molecule has 1 aliphatic rings. The fraction of sp³-hybridized carbons (Fsp3) is 0.357. The molecule has 1 aliphatic heterocycles. The van der Waals surface area contributed by atoms with Crippen LogP contribution in [0.5, 0.6) is 0 Å². The molecule has 1 saturated heterocycles. The molecule has 1 fully saturated rings. The van der Waals surface area contributed by atoms with Gasteiger partial charge in [-0.1, -0.05) is 29.3 Å². The lowest BCUT2D eigenvalue weighted by Gasteiger charge is -2.10. The first-order chi connectivity index (χ1) is 9.65. The van der Waals surface area contributed by atoms with E-state index < -0.39 is 0 Å². The molecule has 2 heterocycles. The molecule has 0 radical (unpaired) electrons. The van der Waals surface area contributed by atoms with Crippen molar-refractivity contribution in [3.05, 3.63) is 33.1 Å². The van der Waals surface area contributed by atoms with E-state index >= 15 is 0 Å². The molecule has 3 nitrogen and oxygen atoms in total. The third-order valence-corrected chi connectivity index (χ3v) is 5.36. The first-order valence-electron chi connectivity index (χ1n) is 6.54. The summed E-state index contributed by atoms with van der Waals surface area (Å²) in [6, 6.07) is 5.85. The lowest BCUT2D eigenvalue weighted by atomic mass is 10.2. The monoisotopic (exact) mass is 328 g/mol. The first-order valence-corrected chi connectivity index (χ1v) is 8.11. The number of amides is 1. The first kappa shape index (κ1) is 14.1. The highest BCUT2D eigenvalue weighted by Gasteiger charge is 2.19. The Morgan fingerprint density at radius 2 is 2.30 bits per heavy atom. The normalized spacial score (nSPS) is 18.6. The molecular formula is C14H14Cl2N2OS. The maximum Gasteiger partial charge on any atom is 0.262 e. The molecule has 3 rings (SSSR count). The third kappa shape index (κ3) is 2.79. The van der Waals surface area contributed by atoms with Gasteiger partial charge in [0.15, 0.2) is 0 Å². The molecule has 0 bridgehead atoms. The van der Waals surface area contributed by atoms with Crippen LogP contribution in [0.25, 0.3) is 10.1 Å². The Morgan fingerprint density at radius 3 is 3.05 bits per heavy atom. The summed E-state index contributed by atoms with van der Waals surface area (Å²) >= 11 is 13.6. The fourth-order valence-corrected chi connectivity index (χ4v) is 4.12. The van der Waals surface area contributed by atoms with Crippen LogP contribution < -0.4 is 10.6 Å². The van der Waals surface area contributed by atoms with Gasteiger partial charge in [0, 0.05) is 27.7 Å². The average Bonchev–Trinajstić information content (AvgIpc) is 3.04. The highest BCUT2D eigenvalue weighted by Crippen LogP contribution is 2.36. The number of fused-ring (bicyclic) bond motifs is 1. The quantitative estimate of drug-likeness (QED) is 0.902. The van der Waals surface area contributed by atoms with E-state index in [9.17, 15) is 4.79 Å². The van der Waals surface area contributed by atoms with E-state index in [-0.39, 0.29) is 5.91 Å². The van der Waals surface area contributed by atoms with Gasteiger partial charge < -0.3 is 10.6 Å². The van der Waals surface area contributed by atoms with Crippen LogP contribution in [-0.4, -0.2) is 25.0 Å². The largest absolute Gasteiger partial charge is 0.350 e. The molecule has 0 saturated carbocycles. The van der Waals surface area contributed by atoms with Crippen molar-refractivity contribution < 1.29 is 4.79 Å². The predicted molar refractivity (Wildman–Crippen MR) is 85.2 cm³/mol. The van der Waals surface area contributed by atoms with Gasteiger partial charge in [-0.15, -0.1) is 11.3 Å². The van der Waals surface area contributed by atoms with E-state index in [0.29, 0.717) is 27.5 Å². The summed E-state index contributed by atoms with van der Waals surface area (Å²) in [6.07, 6.45) is 2.28. The molecule has 0 spiro atoms. The lowest BCUT2D eigenvalue weighted by Crippen LogP contribution is -2.36. The van der Waals surface area contributed by atoms with Crippen LogP contribution >= 0.6 is 34.5 Å². The zero-order valence-corrected chi connectivity index (χ0v) is 13.0. The minimum atomic E-state index is -0.110. The van der Waals surface area contributed by atoms with E-state index in [1.165, 1.54) is 17.8 Å². The van der Waals surface area contributed by atoms with Crippen molar-refractivity contribution in [2.45, 2.75) is 18.9 Å². The van der Waals surface area contributed by atoms with E-state index in [0.717, 1.165) is 23.1 Å². The smallest absolute Gasteiger partial charge is 0.262 e. The Hall–Kier alpha value is -0.810. The van der Waals surface area contributed by atoms with Crippen LogP contribution in [0.3, 0.4) is 0 Å². The maximum atomic E-state index is 12.2. The van der Waals surface area contributed by atoms with Crippen molar-refractivity contribution in [3.8, 4) is 0 Å². The molecule has 1 amide bonds. The predicted octanol–water partition coefficient (Wildman–Crippen LogP) is 3.69. The number of carbonyl (C=O) groups is 1. The van der Waals surface area contributed by atoms with E-state index in [1.807, 2.05) is 12.1 Å². The number of halogens is 2. The molecular weight excluding hydrogens is 315 g/mol. The Bertz CT molecular complexity index is 650. The van der Waals surface area contributed by atoms with Crippen LogP contribution in [0, 0.1) is 0 Å². The summed E-state index contributed by atoms with van der Waals surface area (Å²) in [5.74, 6) is -0.110. The molecule has 20 heavy (non-hydrogen) atoms. The maximum absolute atomic E-state index is 12.2. The van der Waals surface area contributed by atoms with Crippen molar-refractivity contribution in [1.82, 2.24) is 10.6 Å². The molecule has 1 atom stereocenters. The van der Waals surface area contributed by atoms with Gasteiger partial charge in [0.1, 0.15) is 4.88 Å². The molecule has 1 aromatic heterocycles. The van der Waals surface area contributed by atoms with Gasteiger partial charge in [-0.25, -0.2) is 0 Å². The third-order valence-electron chi connectivity index (χ3n) is 3.47. The zero-order chi connectivity index (χ0) is 14.1. The highest BCUT2D eigenvalue weighted by molar-refractivity contribution is 7.21. The topological polar surface area (TPSA) is 41.1 Å². The standard InChI is InChI=1S/C14H14Cl2N2OS/c15-8-3-4-10-11(6-8)20-13(12(10)16)14(19)18-7-9-2-1-5-17-9/h3-4,6,9,17H,1-2,5,7H2,(H,18,19). The fourth-order valence-electron chi connectivity index (χ4n) is 2.41. The Morgan fingerprint density at radius 1 is 1.45 bits per heavy atom. The van der Waals surface area contributed by atoms with Crippen LogP contribution in [0.15, 0.2) is 18.2 Å². The van der Waals surface area contributed by atoms with Crippen molar-refractivity contribution >= 4 is 50.5 Å². The number of carbonyl (C=O) groups excluding carboxylic acids is 1. The summed E-state index contributed by atoms with van der Waals surface area (Å²) < 4.78 is 0.937. The number of nitrogens with one attached hydrogen (secondary N) is 2. The summed E-state index contributed by atoms with van der Waals surface area (Å²) in [6.45, 7) is 1.67. The van der Waals surface area contributed by atoms with E-state index in [2.05, 4.69) is 10.6 Å². The van der Waals surface area contributed by atoms with Gasteiger partial charge in [-0.2, -0.15) is 0 Å². The number of benzene rings is 1. The van der Waals surface area contributed by atoms with Gasteiger partial charge in [0.25, 0.3) is 5.91 Å². The Kier molecular flexibility index (Phi) is 4.17. The van der Waals surface area contributed by atoms with E-state index in [4.69, 9.17) is 23.2 Å². The second kappa shape index (κ2) is 5.90.